The molecule has 0 saturated carbocycles. The fourth-order valence-electron chi connectivity index (χ4n) is 5.32. The van der Waals surface area contributed by atoms with Crippen LogP contribution >= 0.6 is 0 Å². The van der Waals surface area contributed by atoms with Crippen molar-refractivity contribution < 1.29 is 9.47 Å². The van der Waals surface area contributed by atoms with Gasteiger partial charge in [-0.2, -0.15) is 0 Å². The number of ether oxygens (including phenoxy) is 2. The van der Waals surface area contributed by atoms with Gasteiger partial charge in [0.25, 0.3) is 0 Å². The first-order valence-corrected chi connectivity index (χ1v) is 10.2. The smallest absolute Gasteiger partial charge is 0.124 e. The Morgan fingerprint density at radius 1 is 1.04 bits per heavy atom. The number of likely N-dealkylation sites (tertiary alicyclic amines) is 2. The summed E-state index contributed by atoms with van der Waals surface area (Å²) in [5.74, 6) is 2.37. The first-order valence-electron chi connectivity index (χ1n) is 10.2. The molecule has 0 bridgehead atoms. The number of nitrogens with zero attached hydrogens (tertiary/aromatic N) is 2. The van der Waals surface area contributed by atoms with Crippen molar-refractivity contribution in [3.8, 4) is 5.75 Å². The van der Waals surface area contributed by atoms with Gasteiger partial charge in [-0.05, 0) is 54.6 Å². The molecular weight excluding hydrogens is 348 g/mol. The van der Waals surface area contributed by atoms with Crippen LogP contribution in [0.25, 0.3) is 0 Å². The minimum atomic E-state index is 0.538. The van der Waals surface area contributed by atoms with Gasteiger partial charge in [-0.25, -0.2) is 0 Å². The standard InChI is InChI=1S/C24H32N2O2/c1-17-7-5-6-8-21(17)24-22-15-26(14-20(22)13-25(24)2)12-18-9-10-23(28-4)19(11-18)16-27-3/h5-11,20,22,24H,12-16H2,1-4H3/t20-,22+,24+/m0/s1. The average molecular weight is 381 g/mol. The average Bonchev–Trinajstić information content (AvgIpc) is 3.19. The Hall–Kier alpha value is -1.88. The molecule has 3 atom stereocenters. The van der Waals surface area contributed by atoms with E-state index < -0.39 is 0 Å². The second kappa shape index (κ2) is 8.24. The van der Waals surface area contributed by atoms with Crippen LogP contribution in [0.15, 0.2) is 42.5 Å². The normalized spacial score (nSPS) is 25.2. The topological polar surface area (TPSA) is 24.9 Å². The van der Waals surface area contributed by atoms with E-state index in [-0.39, 0.29) is 0 Å². The number of fused-ring (bicyclic) bond motifs is 1. The third-order valence-corrected chi connectivity index (χ3v) is 6.53. The Morgan fingerprint density at radius 3 is 2.61 bits per heavy atom. The van der Waals surface area contributed by atoms with Gasteiger partial charge < -0.3 is 9.47 Å². The van der Waals surface area contributed by atoms with E-state index in [1.807, 2.05) is 0 Å². The summed E-state index contributed by atoms with van der Waals surface area (Å²) >= 11 is 0. The van der Waals surface area contributed by atoms with E-state index >= 15 is 0 Å². The fourth-order valence-corrected chi connectivity index (χ4v) is 5.32. The van der Waals surface area contributed by atoms with E-state index in [1.165, 1.54) is 36.3 Å². The summed E-state index contributed by atoms with van der Waals surface area (Å²) in [4.78, 5) is 5.20. The lowest BCUT2D eigenvalue weighted by Crippen LogP contribution is -2.29. The zero-order chi connectivity index (χ0) is 19.7. The van der Waals surface area contributed by atoms with Crippen LogP contribution in [0.5, 0.6) is 5.75 Å². The quantitative estimate of drug-likeness (QED) is 0.759. The van der Waals surface area contributed by atoms with E-state index in [0.29, 0.717) is 18.6 Å². The second-order valence-electron chi connectivity index (χ2n) is 8.44. The van der Waals surface area contributed by atoms with E-state index in [0.717, 1.165) is 23.8 Å². The summed E-state index contributed by atoms with van der Waals surface area (Å²) in [6.07, 6.45) is 0. The van der Waals surface area contributed by atoms with Gasteiger partial charge in [0.15, 0.2) is 0 Å². The van der Waals surface area contributed by atoms with E-state index in [4.69, 9.17) is 9.47 Å². The van der Waals surface area contributed by atoms with Crippen LogP contribution in [0.1, 0.15) is 28.3 Å². The third-order valence-electron chi connectivity index (χ3n) is 6.53. The minimum Gasteiger partial charge on any atom is -0.496 e. The molecule has 2 aliphatic heterocycles. The van der Waals surface area contributed by atoms with Gasteiger partial charge in [0.1, 0.15) is 5.75 Å². The molecule has 2 aliphatic rings. The molecule has 2 saturated heterocycles. The Labute approximate surface area is 169 Å². The number of aryl methyl sites for hydroxylation is 1. The molecular formula is C24H32N2O2. The number of hydrogen-bond acceptors (Lipinski definition) is 4. The van der Waals surface area contributed by atoms with E-state index in [9.17, 15) is 0 Å². The Morgan fingerprint density at radius 2 is 1.86 bits per heavy atom. The molecule has 2 heterocycles. The SMILES string of the molecule is COCc1cc(CN2C[C@@H]3CN(C)[C@H](c4ccccc4C)[C@@H]3C2)ccc1OC. The van der Waals surface area contributed by atoms with Crippen LogP contribution in [0.2, 0.25) is 0 Å². The Kier molecular flexibility index (Phi) is 5.72. The summed E-state index contributed by atoms with van der Waals surface area (Å²) in [5.41, 5.74) is 5.39. The maximum Gasteiger partial charge on any atom is 0.124 e. The summed E-state index contributed by atoms with van der Waals surface area (Å²) in [7, 11) is 5.74. The molecule has 2 aromatic carbocycles. The van der Waals surface area contributed by atoms with Gasteiger partial charge in [-0.3, -0.25) is 9.80 Å². The highest BCUT2D eigenvalue weighted by atomic mass is 16.5. The monoisotopic (exact) mass is 380 g/mol. The van der Waals surface area contributed by atoms with Gasteiger partial charge >= 0.3 is 0 Å². The lowest BCUT2D eigenvalue weighted by molar-refractivity contribution is 0.181. The van der Waals surface area contributed by atoms with Crippen molar-refractivity contribution in [3.63, 3.8) is 0 Å². The van der Waals surface area contributed by atoms with E-state index in [2.05, 4.69) is 66.2 Å². The summed E-state index contributed by atoms with van der Waals surface area (Å²) < 4.78 is 10.8. The van der Waals surface area contributed by atoms with Gasteiger partial charge in [0.05, 0.1) is 13.7 Å². The van der Waals surface area contributed by atoms with Crippen LogP contribution in [0.4, 0.5) is 0 Å². The number of rotatable bonds is 6. The van der Waals surface area contributed by atoms with Crippen molar-refractivity contribution >= 4 is 0 Å². The maximum absolute atomic E-state index is 5.47. The van der Waals surface area contributed by atoms with Gasteiger partial charge in [0, 0.05) is 44.9 Å². The zero-order valence-electron chi connectivity index (χ0n) is 17.5. The molecule has 2 aromatic rings. The predicted octanol–water partition coefficient (Wildman–Crippen LogP) is 3.88. The van der Waals surface area contributed by atoms with Crippen molar-refractivity contribution in [1.82, 2.24) is 9.80 Å². The number of benzene rings is 2. The molecule has 28 heavy (non-hydrogen) atoms. The third kappa shape index (κ3) is 3.69. The molecule has 0 N–H and O–H groups in total. The maximum atomic E-state index is 5.47. The van der Waals surface area contributed by atoms with Crippen LogP contribution in [-0.4, -0.2) is 50.7 Å². The second-order valence-corrected chi connectivity index (χ2v) is 8.44. The Balaban J connectivity index is 1.49. The molecule has 0 amide bonds. The first kappa shape index (κ1) is 19.4. The van der Waals surface area contributed by atoms with Crippen LogP contribution < -0.4 is 4.74 Å². The summed E-state index contributed by atoms with van der Waals surface area (Å²) in [6, 6.07) is 15.9. The molecule has 2 fully saturated rings. The molecule has 4 heteroatoms. The lowest BCUT2D eigenvalue weighted by Gasteiger charge is -2.28. The number of methoxy groups -OCH3 is 2. The first-order chi connectivity index (χ1) is 13.6. The van der Waals surface area contributed by atoms with Crippen molar-refractivity contribution in [2.75, 3.05) is 40.9 Å². The van der Waals surface area contributed by atoms with Crippen molar-refractivity contribution in [1.29, 1.82) is 0 Å². The molecule has 0 spiro atoms. The van der Waals surface area contributed by atoms with Crippen LogP contribution in [0.3, 0.4) is 0 Å². The van der Waals surface area contributed by atoms with Crippen molar-refractivity contribution in [2.24, 2.45) is 11.8 Å². The van der Waals surface area contributed by atoms with E-state index in [1.54, 1.807) is 14.2 Å². The molecule has 0 unspecified atom stereocenters. The largest absolute Gasteiger partial charge is 0.496 e. The molecule has 4 rings (SSSR count). The molecule has 150 valence electrons. The van der Waals surface area contributed by atoms with Gasteiger partial charge in [0.2, 0.25) is 0 Å². The summed E-state index contributed by atoms with van der Waals surface area (Å²) in [5, 5.41) is 0. The van der Waals surface area contributed by atoms with Crippen molar-refractivity contribution in [3.05, 3.63) is 64.7 Å². The highest BCUT2D eigenvalue weighted by Gasteiger charge is 2.46. The fraction of sp³-hybridized carbons (Fsp3) is 0.500. The minimum absolute atomic E-state index is 0.538. The highest BCUT2D eigenvalue weighted by Crippen LogP contribution is 2.45. The molecule has 0 aromatic heterocycles. The molecule has 0 radical (unpaired) electrons. The van der Waals surface area contributed by atoms with Crippen LogP contribution in [0, 0.1) is 18.8 Å². The Bertz CT molecular complexity index is 822. The lowest BCUT2D eigenvalue weighted by atomic mass is 9.88. The number of hydrogen-bond donors (Lipinski definition) is 0. The molecule has 0 aliphatic carbocycles. The van der Waals surface area contributed by atoms with Crippen molar-refractivity contribution in [2.45, 2.75) is 26.1 Å². The molecule has 4 nitrogen and oxygen atoms in total. The van der Waals surface area contributed by atoms with Gasteiger partial charge in [-0.1, -0.05) is 30.3 Å². The highest BCUT2D eigenvalue weighted by molar-refractivity contribution is 5.37. The summed E-state index contributed by atoms with van der Waals surface area (Å²) in [6.45, 7) is 7.37. The predicted molar refractivity (Wildman–Crippen MR) is 113 cm³/mol. The zero-order valence-corrected chi connectivity index (χ0v) is 17.5. The van der Waals surface area contributed by atoms with Crippen LogP contribution in [-0.2, 0) is 17.9 Å². The van der Waals surface area contributed by atoms with Gasteiger partial charge in [-0.15, -0.1) is 0 Å².